The first-order chi connectivity index (χ1) is 15.8. The Morgan fingerprint density at radius 3 is 2.52 bits per heavy atom. The molecule has 1 aliphatic rings. The van der Waals surface area contributed by atoms with Crippen molar-refractivity contribution in [3.63, 3.8) is 0 Å². The van der Waals surface area contributed by atoms with E-state index in [4.69, 9.17) is 0 Å². The number of hydrogen-bond donors (Lipinski definition) is 0. The zero-order chi connectivity index (χ0) is 23.5. The van der Waals surface area contributed by atoms with Crippen LogP contribution in [0.15, 0.2) is 53.9 Å². The summed E-state index contributed by atoms with van der Waals surface area (Å²) in [6.45, 7) is 6.13. The predicted octanol–water partition coefficient (Wildman–Crippen LogP) is 5.47. The molecule has 1 aliphatic heterocycles. The van der Waals surface area contributed by atoms with Crippen LogP contribution in [0.25, 0.3) is 6.08 Å². The van der Waals surface area contributed by atoms with Crippen LogP contribution in [0.4, 0.5) is 16.5 Å². The van der Waals surface area contributed by atoms with Gasteiger partial charge in [0.05, 0.1) is 11.4 Å². The maximum Gasteiger partial charge on any atom is 0.230 e. The molecule has 6 nitrogen and oxygen atoms in total. The van der Waals surface area contributed by atoms with Crippen molar-refractivity contribution < 1.29 is 14.4 Å². The van der Waals surface area contributed by atoms with Crippen LogP contribution in [-0.2, 0) is 9.59 Å². The molecule has 2 aromatic carbocycles. The molecule has 0 aliphatic carbocycles. The van der Waals surface area contributed by atoms with Gasteiger partial charge in [-0.3, -0.25) is 19.3 Å². The lowest BCUT2D eigenvalue weighted by Crippen LogP contribution is -2.24. The first-order valence-electron chi connectivity index (χ1n) is 10.8. The Hall–Kier alpha value is -3.58. The summed E-state index contributed by atoms with van der Waals surface area (Å²) in [5.41, 5.74) is 4.68. The normalized spacial score (nSPS) is 13.7. The highest BCUT2D eigenvalue weighted by molar-refractivity contribution is 7.14. The van der Waals surface area contributed by atoms with E-state index in [-0.39, 0.29) is 17.6 Å². The number of amides is 2. The highest BCUT2D eigenvalue weighted by Crippen LogP contribution is 2.34. The number of carbonyl (C=O) groups is 3. The average Bonchev–Trinajstić information content (AvgIpc) is 3.43. The number of aromatic nitrogens is 1. The van der Waals surface area contributed by atoms with E-state index >= 15 is 0 Å². The van der Waals surface area contributed by atoms with Crippen molar-refractivity contribution in [1.82, 2.24) is 4.98 Å². The largest absolute Gasteiger partial charge is 0.312 e. The van der Waals surface area contributed by atoms with Gasteiger partial charge in [0.25, 0.3) is 0 Å². The van der Waals surface area contributed by atoms with Gasteiger partial charge in [0.1, 0.15) is 0 Å². The molecule has 3 aromatic rings. The van der Waals surface area contributed by atoms with Gasteiger partial charge >= 0.3 is 0 Å². The Balaban J connectivity index is 1.55. The summed E-state index contributed by atoms with van der Waals surface area (Å²) in [4.78, 5) is 45.1. The Morgan fingerprint density at radius 2 is 1.85 bits per heavy atom. The van der Waals surface area contributed by atoms with E-state index in [1.807, 2.05) is 43.5 Å². The van der Waals surface area contributed by atoms with Crippen molar-refractivity contribution in [2.45, 2.75) is 33.6 Å². The fraction of sp³-hybridized carbons (Fsp3) is 0.231. The Morgan fingerprint density at radius 1 is 1.12 bits per heavy atom. The van der Waals surface area contributed by atoms with Crippen molar-refractivity contribution >= 4 is 51.5 Å². The number of hydrogen-bond acceptors (Lipinski definition) is 5. The fourth-order valence-electron chi connectivity index (χ4n) is 4.01. The van der Waals surface area contributed by atoms with Gasteiger partial charge in [-0.2, -0.15) is 0 Å². The second-order valence-electron chi connectivity index (χ2n) is 8.05. The van der Waals surface area contributed by atoms with Crippen LogP contribution in [0.2, 0.25) is 0 Å². The Kier molecular flexibility index (Phi) is 6.51. The fourth-order valence-corrected chi connectivity index (χ4v) is 4.85. The minimum Gasteiger partial charge on any atom is -0.312 e. The molecule has 1 aromatic heterocycles. The third-order valence-electron chi connectivity index (χ3n) is 5.60. The Labute approximate surface area is 197 Å². The summed E-state index contributed by atoms with van der Waals surface area (Å²) < 4.78 is 0. The van der Waals surface area contributed by atoms with Gasteiger partial charge < -0.3 is 4.90 Å². The molecule has 0 atom stereocenters. The highest BCUT2D eigenvalue weighted by atomic mass is 32.1. The predicted molar refractivity (Wildman–Crippen MR) is 132 cm³/mol. The molecule has 0 saturated carbocycles. The quantitative estimate of drug-likeness (QED) is 0.362. The van der Waals surface area contributed by atoms with E-state index in [1.165, 1.54) is 24.3 Å². The zero-order valence-electron chi connectivity index (χ0n) is 18.9. The third-order valence-corrected chi connectivity index (χ3v) is 6.44. The minimum absolute atomic E-state index is 0.0871. The van der Waals surface area contributed by atoms with E-state index in [1.54, 1.807) is 34.1 Å². The van der Waals surface area contributed by atoms with Gasteiger partial charge in [-0.25, -0.2) is 4.98 Å². The molecule has 2 amide bonds. The van der Waals surface area contributed by atoms with Crippen LogP contribution in [-0.4, -0.2) is 29.1 Å². The van der Waals surface area contributed by atoms with Crippen LogP contribution in [0.1, 0.15) is 46.9 Å². The van der Waals surface area contributed by atoms with Crippen molar-refractivity contribution in [1.29, 1.82) is 0 Å². The molecule has 33 heavy (non-hydrogen) atoms. The summed E-state index contributed by atoms with van der Waals surface area (Å²) in [5, 5.41) is 2.38. The molecule has 0 N–H and O–H groups in total. The molecule has 4 rings (SSSR count). The van der Waals surface area contributed by atoms with Crippen molar-refractivity contribution in [3.8, 4) is 0 Å². The summed E-state index contributed by atoms with van der Waals surface area (Å²) in [5.74, 6) is -0.207. The number of nitrogens with zero attached hydrogens (tertiary/aromatic N) is 3. The lowest BCUT2D eigenvalue weighted by atomic mass is 10.1. The number of aryl methyl sites for hydroxylation is 2. The molecule has 1 saturated heterocycles. The summed E-state index contributed by atoms with van der Waals surface area (Å²) in [6, 6.07) is 13.0. The second kappa shape index (κ2) is 9.50. The van der Waals surface area contributed by atoms with E-state index in [9.17, 15) is 14.4 Å². The summed E-state index contributed by atoms with van der Waals surface area (Å²) in [6.07, 6.45) is 4.51. The number of allylic oxidation sites excluding steroid dienone is 1. The van der Waals surface area contributed by atoms with Gasteiger partial charge in [-0.05, 0) is 55.7 Å². The number of benzene rings is 2. The van der Waals surface area contributed by atoms with Crippen LogP contribution in [0.5, 0.6) is 0 Å². The van der Waals surface area contributed by atoms with Crippen molar-refractivity contribution in [2.75, 3.05) is 16.3 Å². The zero-order valence-corrected chi connectivity index (χ0v) is 19.7. The topological polar surface area (TPSA) is 70.6 Å². The minimum atomic E-state index is -0.170. The maximum atomic E-state index is 12.7. The molecule has 0 unspecified atom stereocenters. The van der Waals surface area contributed by atoms with Crippen LogP contribution in [0.3, 0.4) is 0 Å². The van der Waals surface area contributed by atoms with Crippen LogP contribution < -0.4 is 9.80 Å². The smallest absolute Gasteiger partial charge is 0.230 e. The third kappa shape index (κ3) is 4.78. The molecule has 0 spiro atoms. The number of rotatable bonds is 6. The van der Waals surface area contributed by atoms with E-state index in [2.05, 4.69) is 4.98 Å². The van der Waals surface area contributed by atoms with Gasteiger partial charge in [0.15, 0.2) is 10.9 Å². The number of anilines is 3. The second-order valence-corrected chi connectivity index (χ2v) is 8.88. The molecule has 0 bridgehead atoms. The number of carbonyl (C=O) groups excluding carboxylic acids is 3. The van der Waals surface area contributed by atoms with Gasteiger partial charge in [0.2, 0.25) is 11.8 Å². The van der Waals surface area contributed by atoms with E-state index in [0.717, 1.165) is 28.9 Å². The molecule has 1 fully saturated rings. The molecule has 7 heteroatoms. The van der Waals surface area contributed by atoms with E-state index < -0.39 is 0 Å². The van der Waals surface area contributed by atoms with Crippen molar-refractivity contribution in [2.24, 2.45) is 0 Å². The highest BCUT2D eigenvalue weighted by Gasteiger charge is 2.23. The lowest BCUT2D eigenvalue weighted by Gasteiger charge is -2.22. The van der Waals surface area contributed by atoms with E-state index in [0.29, 0.717) is 29.4 Å². The molecular weight excluding hydrogens is 434 g/mol. The van der Waals surface area contributed by atoms with Crippen LogP contribution >= 0.6 is 11.3 Å². The monoisotopic (exact) mass is 459 g/mol. The molecule has 2 heterocycles. The number of thiazole rings is 1. The molecular formula is C26H25N3O3S. The van der Waals surface area contributed by atoms with Gasteiger partial charge in [0, 0.05) is 36.5 Å². The first-order valence-corrected chi connectivity index (χ1v) is 11.7. The number of ketones is 1. The summed E-state index contributed by atoms with van der Waals surface area (Å²) in [7, 11) is 0. The Bertz CT molecular complexity index is 1240. The van der Waals surface area contributed by atoms with Crippen molar-refractivity contribution in [3.05, 3.63) is 76.3 Å². The lowest BCUT2D eigenvalue weighted by molar-refractivity contribution is -0.117. The molecule has 0 radical (unpaired) electrons. The summed E-state index contributed by atoms with van der Waals surface area (Å²) >= 11 is 1.35. The first kappa shape index (κ1) is 22.6. The number of para-hydroxylation sites is 1. The van der Waals surface area contributed by atoms with Gasteiger partial charge in [-0.15, -0.1) is 11.3 Å². The standard InChI is InChI=1S/C26H25N3O3S/c1-17-7-4-8-18(2)25(17)29(19(3)30)26-27-21(16-33-26)12-13-23(31)20-9-5-10-22(15-20)28-14-6-11-24(28)32/h4-5,7-10,12-13,15-16H,6,11,14H2,1-3H3/b13-12+. The average molecular weight is 460 g/mol. The van der Waals surface area contributed by atoms with Crippen LogP contribution in [0, 0.1) is 13.8 Å². The maximum absolute atomic E-state index is 12.7. The molecule has 168 valence electrons. The van der Waals surface area contributed by atoms with Gasteiger partial charge in [-0.1, -0.05) is 30.3 Å². The SMILES string of the molecule is CC(=O)N(c1nc(/C=C/C(=O)c2cccc(N3CCCC3=O)c2)cs1)c1c(C)cccc1C.